The summed E-state index contributed by atoms with van der Waals surface area (Å²) in [5, 5.41) is 13.8. The van der Waals surface area contributed by atoms with Crippen molar-refractivity contribution in [3.05, 3.63) is 70.3 Å². The zero-order valence-corrected chi connectivity index (χ0v) is 10.7. The van der Waals surface area contributed by atoms with Crippen LogP contribution in [0.3, 0.4) is 0 Å². The van der Waals surface area contributed by atoms with Crippen LogP contribution in [-0.2, 0) is 0 Å². The van der Waals surface area contributed by atoms with Crippen molar-refractivity contribution in [3.63, 3.8) is 0 Å². The number of benzene rings is 2. The third-order valence-electron chi connectivity index (χ3n) is 3.06. The number of nitro groups is 1. The molecule has 0 saturated carbocycles. The number of anilines is 1. The lowest BCUT2D eigenvalue weighted by atomic mass is 10.0. The lowest BCUT2D eigenvalue weighted by Gasteiger charge is -2.13. The van der Waals surface area contributed by atoms with Crippen LogP contribution in [-0.4, -0.2) is 11.5 Å². The van der Waals surface area contributed by atoms with E-state index in [1.54, 1.807) is 12.1 Å². The number of nitrogens with zero attached hydrogens (tertiary/aromatic N) is 1. The SMILES string of the molecule is CC(CNc1ccc([N+](=O)[O-])cc1)c1ccccc1. The smallest absolute Gasteiger partial charge is 0.269 e. The van der Waals surface area contributed by atoms with Gasteiger partial charge in [0.1, 0.15) is 0 Å². The molecule has 0 saturated heterocycles. The van der Waals surface area contributed by atoms with Gasteiger partial charge in [0.2, 0.25) is 0 Å². The van der Waals surface area contributed by atoms with Gasteiger partial charge in [0.05, 0.1) is 4.92 Å². The highest BCUT2D eigenvalue weighted by atomic mass is 16.6. The minimum Gasteiger partial charge on any atom is -0.384 e. The molecule has 1 unspecified atom stereocenters. The second kappa shape index (κ2) is 6.00. The Kier molecular flexibility index (Phi) is 4.13. The lowest BCUT2D eigenvalue weighted by Crippen LogP contribution is -2.09. The molecule has 0 aromatic heterocycles. The van der Waals surface area contributed by atoms with Gasteiger partial charge in [0.25, 0.3) is 5.69 Å². The fourth-order valence-corrected chi connectivity index (χ4v) is 1.87. The summed E-state index contributed by atoms with van der Waals surface area (Å²) in [5.41, 5.74) is 2.28. The van der Waals surface area contributed by atoms with Crippen molar-refractivity contribution in [2.75, 3.05) is 11.9 Å². The van der Waals surface area contributed by atoms with Crippen LogP contribution in [0.25, 0.3) is 0 Å². The number of nitro benzene ring substituents is 1. The Balaban J connectivity index is 1.93. The first-order valence-corrected chi connectivity index (χ1v) is 6.20. The Morgan fingerprint density at radius 3 is 2.32 bits per heavy atom. The van der Waals surface area contributed by atoms with Crippen molar-refractivity contribution >= 4 is 11.4 Å². The van der Waals surface area contributed by atoms with Gasteiger partial charge in [-0.3, -0.25) is 10.1 Å². The standard InChI is InChI=1S/C15H16N2O2/c1-12(13-5-3-2-4-6-13)11-16-14-7-9-15(10-8-14)17(18)19/h2-10,12,16H,11H2,1H3. The highest BCUT2D eigenvalue weighted by Crippen LogP contribution is 2.18. The average molecular weight is 256 g/mol. The van der Waals surface area contributed by atoms with E-state index in [1.165, 1.54) is 17.7 Å². The lowest BCUT2D eigenvalue weighted by molar-refractivity contribution is -0.384. The van der Waals surface area contributed by atoms with E-state index >= 15 is 0 Å². The third kappa shape index (κ3) is 3.55. The molecule has 0 spiro atoms. The molecule has 1 N–H and O–H groups in total. The van der Waals surface area contributed by atoms with Gasteiger partial charge in [-0.25, -0.2) is 0 Å². The summed E-state index contributed by atoms with van der Waals surface area (Å²) >= 11 is 0. The van der Waals surface area contributed by atoms with Crippen molar-refractivity contribution in [2.24, 2.45) is 0 Å². The number of rotatable bonds is 5. The minimum atomic E-state index is -0.392. The van der Waals surface area contributed by atoms with Gasteiger partial charge in [-0.2, -0.15) is 0 Å². The van der Waals surface area contributed by atoms with E-state index < -0.39 is 4.92 Å². The van der Waals surface area contributed by atoms with Crippen LogP contribution >= 0.6 is 0 Å². The van der Waals surface area contributed by atoms with Crippen LogP contribution in [0.2, 0.25) is 0 Å². The van der Waals surface area contributed by atoms with E-state index in [4.69, 9.17) is 0 Å². The molecule has 0 radical (unpaired) electrons. The second-order valence-corrected chi connectivity index (χ2v) is 4.50. The highest BCUT2D eigenvalue weighted by Gasteiger charge is 2.06. The van der Waals surface area contributed by atoms with E-state index in [2.05, 4.69) is 24.4 Å². The summed E-state index contributed by atoms with van der Waals surface area (Å²) in [4.78, 5) is 10.2. The topological polar surface area (TPSA) is 55.2 Å². The second-order valence-electron chi connectivity index (χ2n) is 4.50. The van der Waals surface area contributed by atoms with Crippen LogP contribution in [0.1, 0.15) is 18.4 Å². The Hall–Kier alpha value is -2.36. The largest absolute Gasteiger partial charge is 0.384 e. The van der Waals surface area contributed by atoms with Gasteiger partial charge in [-0.1, -0.05) is 37.3 Å². The Bertz CT molecular complexity index is 538. The zero-order valence-electron chi connectivity index (χ0n) is 10.7. The van der Waals surface area contributed by atoms with Gasteiger partial charge in [0, 0.05) is 24.4 Å². The van der Waals surface area contributed by atoms with Crippen molar-refractivity contribution in [3.8, 4) is 0 Å². The predicted octanol–water partition coefficient (Wildman–Crippen LogP) is 3.81. The molecule has 0 bridgehead atoms. The maximum Gasteiger partial charge on any atom is 0.269 e. The van der Waals surface area contributed by atoms with E-state index in [0.717, 1.165) is 12.2 Å². The van der Waals surface area contributed by atoms with Crippen LogP contribution in [0.4, 0.5) is 11.4 Å². The molecule has 0 aliphatic rings. The van der Waals surface area contributed by atoms with Crippen LogP contribution in [0.15, 0.2) is 54.6 Å². The Labute approximate surface area is 112 Å². The molecule has 0 aliphatic carbocycles. The maximum absolute atomic E-state index is 10.5. The molecule has 4 nitrogen and oxygen atoms in total. The first-order valence-electron chi connectivity index (χ1n) is 6.20. The van der Waals surface area contributed by atoms with Gasteiger partial charge < -0.3 is 5.32 Å². The summed E-state index contributed by atoms with van der Waals surface area (Å²) in [6.07, 6.45) is 0. The zero-order chi connectivity index (χ0) is 13.7. The molecule has 2 aromatic carbocycles. The molecule has 4 heteroatoms. The molecular weight excluding hydrogens is 240 g/mol. The molecule has 0 aliphatic heterocycles. The molecule has 1 atom stereocenters. The summed E-state index contributed by atoms with van der Waals surface area (Å²) in [7, 11) is 0. The molecule has 19 heavy (non-hydrogen) atoms. The summed E-state index contributed by atoms with van der Waals surface area (Å²) in [6.45, 7) is 2.94. The van der Waals surface area contributed by atoms with E-state index in [1.807, 2.05) is 18.2 Å². The van der Waals surface area contributed by atoms with Crippen molar-refractivity contribution < 1.29 is 4.92 Å². The molecule has 0 fully saturated rings. The molecule has 2 aromatic rings. The van der Waals surface area contributed by atoms with Gasteiger partial charge >= 0.3 is 0 Å². The summed E-state index contributed by atoms with van der Waals surface area (Å²) < 4.78 is 0. The normalized spacial score (nSPS) is 11.8. The fourth-order valence-electron chi connectivity index (χ4n) is 1.87. The Morgan fingerprint density at radius 2 is 1.74 bits per heavy atom. The van der Waals surface area contributed by atoms with Crippen molar-refractivity contribution in [1.82, 2.24) is 0 Å². The van der Waals surface area contributed by atoms with Crippen LogP contribution in [0.5, 0.6) is 0 Å². The molecule has 0 heterocycles. The van der Waals surface area contributed by atoms with Gasteiger partial charge in [-0.05, 0) is 23.6 Å². The van der Waals surface area contributed by atoms with E-state index in [9.17, 15) is 10.1 Å². The molecular formula is C15H16N2O2. The van der Waals surface area contributed by atoms with E-state index in [-0.39, 0.29) is 5.69 Å². The van der Waals surface area contributed by atoms with E-state index in [0.29, 0.717) is 5.92 Å². The number of nitrogens with one attached hydrogen (secondary N) is 1. The summed E-state index contributed by atoms with van der Waals surface area (Å²) in [6, 6.07) is 16.7. The quantitative estimate of drug-likeness (QED) is 0.653. The molecule has 0 amide bonds. The maximum atomic E-state index is 10.5. The number of hydrogen-bond donors (Lipinski definition) is 1. The third-order valence-corrected chi connectivity index (χ3v) is 3.06. The molecule has 98 valence electrons. The molecule has 2 rings (SSSR count). The van der Waals surface area contributed by atoms with Crippen molar-refractivity contribution in [2.45, 2.75) is 12.8 Å². The fraction of sp³-hybridized carbons (Fsp3) is 0.200. The average Bonchev–Trinajstić information content (AvgIpc) is 2.46. The first-order chi connectivity index (χ1) is 9.16. The number of hydrogen-bond acceptors (Lipinski definition) is 3. The number of non-ortho nitro benzene ring substituents is 1. The summed E-state index contributed by atoms with van der Waals surface area (Å²) in [5.74, 6) is 0.386. The van der Waals surface area contributed by atoms with Crippen LogP contribution in [0, 0.1) is 10.1 Å². The van der Waals surface area contributed by atoms with Gasteiger partial charge in [-0.15, -0.1) is 0 Å². The van der Waals surface area contributed by atoms with Gasteiger partial charge in [0.15, 0.2) is 0 Å². The van der Waals surface area contributed by atoms with Crippen LogP contribution < -0.4 is 5.32 Å². The van der Waals surface area contributed by atoms with Crippen molar-refractivity contribution in [1.29, 1.82) is 0 Å². The monoisotopic (exact) mass is 256 g/mol. The minimum absolute atomic E-state index is 0.113. The Morgan fingerprint density at radius 1 is 1.11 bits per heavy atom. The first kappa shape index (κ1) is 13.1. The highest BCUT2D eigenvalue weighted by molar-refractivity contribution is 5.48. The predicted molar refractivity (Wildman–Crippen MR) is 76.4 cm³/mol.